The molecule has 0 atom stereocenters. The highest BCUT2D eigenvalue weighted by molar-refractivity contribution is 5.80. The molecule has 0 radical (unpaired) electrons. The number of carbonyl (C=O) groups excluding carboxylic acids is 1. The number of para-hydroxylation sites is 2. The lowest BCUT2D eigenvalue weighted by molar-refractivity contribution is -0.384. The first-order chi connectivity index (χ1) is 14.8. The van der Waals surface area contributed by atoms with Crippen molar-refractivity contribution in [2.75, 3.05) is 31.2 Å². The number of ether oxygens (including phenoxy) is 2. The van der Waals surface area contributed by atoms with E-state index < -0.39 is 5.54 Å². The molecule has 2 heterocycles. The van der Waals surface area contributed by atoms with Crippen molar-refractivity contribution in [3.8, 4) is 11.5 Å². The molecule has 1 amide bonds. The van der Waals surface area contributed by atoms with Gasteiger partial charge in [0.25, 0.3) is 5.69 Å². The molecule has 0 spiro atoms. The molecule has 2 aromatic rings. The summed E-state index contributed by atoms with van der Waals surface area (Å²) in [7, 11) is 0. The molecule has 1 fully saturated rings. The third-order valence-electron chi connectivity index (χ3n) is 5.98. The van der Waals surface area contributed by atoms with E-state index >= 15 is 0 Å². The second kappa shape index (κ2) is 8.45. The summed E-state index contributed by atoms with van der Waals surface area (Å²) in [5, 5.41) is 14.5. The van der Waals surface area contributed by atoms with Gasteiger partial charge in [-0.25, -0.2) is 0 Å². The van der Waals surface area contributed by atoms with Gasteiger partial charge in [0.1, 0.15) is 18.9 Å². The Morgan fingerprint density at radius 3 is 2.48 bits per heavy atom. The van der Waals surface area contributed by atoms with Gasteiger partial charge in [-0.2, -0.15) is 0 Å². The Balaban J connectivity index is 1.39. The number of carbonyl (C=O) groups is 1. The van der Waals surface area contributed by atoms with Crippen molar-refractivity contribution in [2.45, 2.75) is 32.2 Å². The van der Waals surface area contributed by atoms with Crippen LogP contribution in [0.3, 0.4) is 0 Å². The van der Waals surface area contributed by atoms with E-state index in [1.54, 1.807) is 18.2 Å². The van der Waals surface area contributed by atoms with Gasteiger partial charge in [-0.05, 0) is 50.5 Å². The van der Waals surface area contributed by atoms with Gasteiger partial charge in [0, 0.05) is 25.1 Å². The quantitative estimate of drug-likeness (QED) is 0.581. The number of nitrogens with zero attached hydrogens (tertiary/aromatic N) is 2. The summed E-state index contributed by atoms with van der Waals surface area (Å²) in [5.74, 6) is 1.29. The lowest BCUT2D eigenvalue weighted by Crippen LogP contribution is -2.47. The molecule has 1 saturated heterocycles. The Kier molecular flexibility index (Phi) is 5.71. The first kappa shape index (κ1) is 21.0. The molecule has 4 rings (SSSR count). The van der Waals surface area contributed by atoms with Gasteiger partial charge in [0.05, 0.1) is 10.5 Å². The summed E-state index contributed by atoms with van der Waals surface area (Å²) in [6.45, 7) is 6.21. The number of amides is 1. The molecule has 0 unspecified atom stereocenters. The van der Waals surface area contributed by atoms with Gasteiger partial charge in [-0.15, -0.1) is 0 Å². The SMILES string of the molecule is CC(C)(NC(=O)C1CCN(c2ccccc2[N+](=O)[O-])CC1)c1ccc2c(c1)OCCO2. The highest BCUT2D eigenvalue weighted by Gasteiger charge is 2.32. The number of rotatable bonds is 5. The highest BCUT2D eigenvalue weighted by Crippen LogP contribution is 2.35. The Labute approximate surface area is 181 Å². The van der Waals surface area contributed by atoms with Crippen LogP contribution >= 0.6 is 0 Å². The van der Waals surface area contributed by atoms with Gasteiger partial charge < -0.3 is 19.7 Å². The van der Waals surface area contributed by atoms with Crippen LogP contribution in [0, 0.1) is 16.0 Å². The van der Waals surface area contributed by atoms with Crippen LogP contribution in [0.25, 0.3) is 0 Å². The average molecular weight is 425 g/mol. The zero-order valence-corrected chi connectivity index (χ0v) is 17.8. The second-order valence-corrected chi connectivity index (χ2v) is 8.48. The molecule has 8 nitrogen and oxygen atoms in total. The number of benzene rings is 2. The van der Waals surface area contributed by atoms with Gasteiger partial charge in [-0.3, -0.25) is 14.9 Å². The maximum atomic E-state index is 13.0. The van der Waals surface area contributed by atoms with Crippen LogP contribution in [0.2, 0.25) is 0 Å². The van der Waals surface area contributed by atoms with Crippen molar-refractivity contribution in [1.29, 1.82) is 0 Å². The van der Waals surface area contributed by atoms with Crippen molar-refractivity contribution in [3.05, 3.63) is 58.1 Å². The van der Waals surface area contributed by atoms with Crippen molar-refractivity contribution in [2.24, 2.45) is 5.92 Å². The molecule has 8 heteroatoms. The van der Waals surface area contributed by atoms with E-state index in [0.717, 1.165) is 11.3 Å². The number of hydrogen-bond donors (Lipinski definition) is 1. The van der Waals surface area contributed by atoms with E-state index in [0.29, 0.717) is 50.6 Å². The fourth-order valence-corrected chi connectivity index (χ4v) is 4.18. The molecule has 2 aliphatic heterocycles. The lowest BCUT2D eigenvalue weighted by atomic mass is 9.90. The summed E-state index contributed by atoms with van der Waals surface area (Å²) in [4.78, 5) is 26.0. The zero-order chi connectivity index (χ0) is 22.0. The summed E-state index contributed by atoms with van der Waals surface area (Å²) in [5.41, 5.74) is 1.10. The van der Waals surface area contributed by atoms with Crippen LogP contribution in [-0.2, 0) is 10.3 Å². The minimum Gasteiger partial charge on any atom is -0.486 e. The molecule has 2 aliphatic rings. The van der Waals surface area contributed by atoms with Crippen LogP contribution in [0.15, 0.2) is 42.5 Å². The Morgan fingerprint density at radius 2 is 1.77 bits per heavy atom. The predicted molar refractivity (Wildman–Crippen MR) is 117 cm³/mol. The number of hydrogen-bond acceptors (Lipinski definition) is 6. The largest absolute Gasteiger partial charge is 0.486 e. The molecular weight excluding hydrogens is 398 g/mol. The van der Waals surface area contributed by atoms with Crippen LogP contribution in [0.5, 0.6) is 11.5 Å². The topological polar surface area (TPSA) is 93.9 Å². The van der Waals surface area contributed by atoms with Crippen LogP contribution in [0.4, 0.5) is 11.4 Å². The molecule has 31 heavy (non-hydrogen) atoms. The summed E-state index contributed by atoms with van der Waals surface area (Å²) >= 11 is 0. The lowest BCUT2D eigenvalue weighted by Gasteiger charge is -2.35. The van der Waals surface area contributed by atoms with Crippen molar-refractivity contribution >= 4 is 17.3 Å². The summed E-state index contributed by atoms with van der Waals surface area (Å²) < 4.78 is 11.2. The van der Waals surface area contributed by atoms with E-state index in [1.807, 2.05) is 36.9 Å². The number of anilines is 1. The third-order valence-corrected chi connectivity index (χ3v) is 5.98. The highest BCUT2D eigenvalue weighted by atomic mass is 16.6. The average Bonchev–Trinajstić information content (AvgIpc) is 2.78. The fraction of sp³-hybridized carbons (Fsp3) is 0.435. The molecule has 0 saturated carbocycles. The Hall–Kier alpha value is -3.29. The third kappa shape index (κ3) is 4.42. The maximum absolute atomic E-state index is 13.0. The van der Waals surface area contributed by atoms with E-state index in [4.69, 9.17) is 9.47 Å². The molecule has 164 valence electrons. The fourth-order valence-electron chi connectivity index (χ4n) is 4.18. The van der Waals surface area contributed by atoms with Gasteiger partial charge >= 0.3 is 0 Å². The summed E-state index contributed by atoms with van der Waals surface area (Å²) in [6, 6.07) is 12.5. The molecule has 0 bridgehead atoms. The standard InChI is InChI=1S/C23H27N3O5/c1-23(2,17-7-8-20-21(15-17)31-14-13-30-20)24-22(27)16-9-11-25(12-10-16)18-5-3-4-6-19(18)26(28)29/h3-8,15-16H,9-14H2,1-2H3,(H,24,27). The number of nitro groups is 1. The minimum absolute atomic E-state index is 0.00194. The number of piperidine rings is 1. The second-order valence-electron chi connectivity index (χ2n) is 8.48. The van der Waals surface area contributed by atoms with Crippen LogP contribution in [0.1, 0.15) is 32.3 Å². The molecule has 0 aromatic heterocycles. The van der Waals surface area contributed by atoms with E-state index in [9.17, 15) is 14.9 Å². The smallest absolute Gasteiger partial charge is 0.292 e. The predicted octanol–water partition coefficient (Wildman–Crippen LogP) is 3.63. The molecule has 0 aliphatic carbocycles. The zero-order valence-electron chi connectivity index (χ0n) is 17.8. The Morgan fingerprint density at radius 1 is 1.10 bits per heavy atom. The number of nitro benzene ring substituents is 1. The normalized spacial score (nSPS) is 16.6. The monoisotopic (exact) mass is 425 g/mol. The van der Waals surface area contributed by atoms with E-state index in [1.165, 1.54) is 6.07 Å². The molecular formula is C23H27N3O5. The van der Waals surface area contributed by atoms with Gasteiger partial charge in [-0.1, -0.05) is 18.2 Å². The van der Waals surface area contributed by atoms with Crippen molar-refractivity contribution < 1.29 is 19.2 Å². The molecule has 2 aromatic carbocycles. The minimum atomic E-state index is -0.567. The number of nitrogens with one attached hydrogen (secondary N) is 1. The maximum Gasteiger partial charge on any atom is 0.292 e. The van der Waals surface area contributed by atoms with Crippen LogP contribution in [-0.4, -0.2) is 37.1 Å². The van der Waals surface area contributed by atoms with E-state index in [2.05, 4.69) is 5.32 Å². The first-order valence-corrected chi connectivity index (χ1v) is 10.6. The number of fused-ring (bicyclic) bond motifs is 1. The first-order valence-electron chi connectivity index (χ1n) is 10.6. The van der Waals surface area contributed by atoms with Crippen molar-refractivity contribution in [3.63, 3.8) is 0 Å². The molecule has 1 N–H and O–H groups in total. The van der Waals surface area contributed by atoms with Gasteiger partial charge in [0.2, 0.25) is 5.91 Å². The van der Waals surface area contributed by atoms with E-state index in [-0.39, 0.29) is 22.4 Å². The van der Waals surface area contributed by atoms with Gasteiger partial charge in [0.15, 0.2) is 11.5 Å². The van der Waals surface area contributed by atoms with Crippen LogP contribution < -0.4 is 19.7 Å². The summed E-state index contributed by atoms with van der Waals surface area (Å²) in [6.07, 6.45) is 1.30. The Bertz CT molecular complexity index is 983. The van der Waals surface area contributed by atoms with Crippen molar-refractivity contribution in [1.82, 2.24) is 5.32 Å².